The third kappa shape index (κ3) is 4.90. The van der Waals surface area contributed by atoms with Gasteiger partial charge in [0, 0.05) is 6.42 Å². The number of nitrogens with zero attached hydrogens (tertiary/aromatic N) is 1. The average molecular weight is 159 g/mol. The summed E-state index contributed by atoms with van der Waals surface area (Å²) in [6.07, 6.45) is 1.77. The van der Waals surface area contributed by atoms with E-state index in [1.54, 1.807) is 13.8 Å². The second-order valence-electron chi connectivity index (χ2n) is 3.55. The summed E-state index contributed by atoms with van der Waals surface area (Å²) in [5, 5.41) is 12.2. The summed E-state index contributed by atoms with van der Waals surface area (Å²) < 4.78 is 0. The van der Waals surface area contributed by atoms with E-state index in [2.05, 4.69) is 5.18 Å². The van der Waals surface area contributed by atoms with Crippen LogP contribution in [-0.4, -0.2) is 16.7 Å². The molecule has 11 heavy (non-hydrogen) atoms. The van der Waals surface area contributed by atoms with Crippen LogP contribution in [0.5, 0.6) is 0 Å². The Labute approximate surface area is 67.8 Å². The summed E-state index contributed by atoms with van der Waals surface area (Å²) >= 11 is 0. The van der Waals surface area contributed by atoms with Crippen molar-refractivity contribution in [1.82, 2.24) is 0 Å². The fraction of sp³-hybridized carbons (Fsp3) is 1.00. The van der Waals surface area contributed by atoms with Crippen LogP contribution in [0, 0.1) is 4.91 Å². The van der Waals surface area contributed by atoms with Crippen molar-refractivity contribution < 1.29 is 5.11 Å². The Kier molecular flexibility index (Phi) is 4.26. The van der Waals surface area contributed by atoms with Crippen LogP contribution in [0.2, 0.25) is 0 Å². The molecule has 0 aliphatic carbocycles. The SMILES string of the molecule is CCCC(O)CC(C)(C)N=O. The van der Waals surface area contributed by atoms with Crippen LogP contribution in [0.4, 0.5) is 0 Å². The Balaban J connectivity index is 3.72. The molecule has 0 saturated heterocycles. The van der Waals surface area contributed by atoms with E-state index in [4.69, 9.17) is 0 Å². The van der Waals surface area contributed by atoms with E-state index in [0.29, 0.717) is 6.42 Å². The Morgan fingerprint density at radius 1 is 1.55 bits per heavy atom. The third-order valence-corrected chi connectivity index (χ3v) is 1.60. The van der Waals surface area contributed by atoms with Gasteiger partial charge in [-0.2, -0.15) is 4.91 Å². The minimum Gasteiger partial charge on any atom is -0.393 e. The highest BCUT2D eigenvalue weighted by Gasteiger charge is 2.22. The molecular formula is C8H17NO2. The molecule has 0 rings (SSSR count). The summed E-state index contributed by atoms with van der Waals surface area (Å²) in [4.78, 5) is 10.2. The highest BCUT2D eigenvalue weighted by Crippen LogP contribution is 2.18. The van der Waals surface area contributed by atoms with Gasteiger partial charge in [-0.15, -0.1) is 0 Å². The van der Waals surface area contributed by atoms with E-state index in [1.165, 1.54) is 0 Å². The van der Waals surface area contributed by atoms with Crippen molar-refractivity contribution in [2.75, 3.05) is 0 Å². The molecule has 0 aromatic carbocycles. The molecule has 3 heteroatoms. The first-order valence-corrected chi connectivity index (χ1v) is 4.04. The number of hydrogen-bond donors (Lipinski definition) is 1. The molecule has 66 valence electrons. The van der Waals surface area contributed by atoms with Crippen molar-refractivity contribution in [2.45, 2.75) is 51.7 Å². The van der Waals surface area contributed by atoms with Gasteiger partial charge in [0.1, 0.15) is 0 Å². The molecular weight excluding hydrogens is 142 g/mol. The first-order valence-electron chi connectivity index (χ1n) is 4.04. The number of rotatable bonds is 5. The summed E-state index contributed by atoms with van der Waals surface area (Å²) in [6.45, 7) is 5.47. The lowest BCUT2D eigenvalue weighted by molar-refractivity contribution is 0.130. The standard InChI is InChI=1S/C8H17NO2/c1-4-5-7(10)6-8(2,3)9-11/h7,10H,4-6H2,1-3H3. The summed E-state index contributed by atoms with van der Waals surface area (Å²) in [6, 6.07) is 0. The topological polar surface area (TPSA) is 49.7 Å². The monoisotopic (exact) mass is 159 g/mol. The zero-order chi connectivity index (χ0) is 8.91. The molecule has 0 aliphatic heterocycles. The lowest BCUT2D eigenvalue weighted by Crippen LogP contribution is -2.23. The predicted molar refractivity (Wildman–Crippen MR) is 45.4 cm³/mol. The smallest absolute Gasteiger partial charge is 0.0995 e. The van der Waals surface area contributed by atoms with Crippen LogP contribution >= 0.6 is 0 Å². The Morgan fingerprint density at radius 3 is 2.45 bits per heavy atom. The molecule has 0 fully saturated rings. The lowest BCUT2D eigenvalue weighted by Gasteiger charge is -2.18. The van der Waals surface area contributed by atoms with Crippen molar-refractivity contribution in [3.8, 4) is 0 Å². The average Bonchev–Trinajstić information content (AvgIpc) is 1.87. The first kappa shape index (κ1) is 10.6. The molecule has 1 N–H and O–H groups in total. The molecule has 0 heterocycles. The quantitative estimate of drug-likeness (QED) is 0.624. The highest BCUT2D eigenvalue weighted by atomic mass is 16.3. The molecule has 1 unspecified atom stereocenters. The van der Waals surface area contributed by atoms with Crippen LogP contribution in [0.1, 0.15) is 40.0 Å². The molecule has 1 atom stereocenters. The number of aliphatic hydroxyl groups is 1. The van der Waals surface area contributed by atoms with Gasteiger partial charge < -0.3 is 5.11 Å². The van der Waals surface area contributed by atoms with Crippen molar-refractivity contribution in [2.24, 2.45) is 5.18 Å². The zero-order valence-corrected chi connectivity index (χ0v) is 7.50. The minimum absolute atomic E-state index is 0.382. The van der Waals surface area contributed by atoms with E-state index in [1.807, 2.05) is 6.92 Å². The van der Waals surface area contributed by atoms with E-state index in [-0.39, 0.29) is 6.10 Å². The van der Waals surface area contributed by atoms with Gasteiger partial charge in [-0.25, -0.2) is 0 Å². The molecule has 0 amide bonds. The normalized spacial score (nSPS) is 14.5. The van der Waals surface area contributed by atoms with Gasteiger partial charge in [-0.1, -0.05) is 18.5 Å². The Bertz CT molecular complexity index is 123. The van der Waals surface area contributed by atoms with Gasteiger partial charge in [0.2, 0.25) is 0 Å². The highest BCUT2D eigenvalue weighted by molar-refractivity contribution is 4.79. The van der Waals surface area contributed by atoms with Crippen LogP contribution < -0.4 is 0 Å². The van der Waals surface area contributed by atoms with E-state index in [9.17, 15) is 10.0 Å². The lowest BCUT2D eigenvalue weighted by atomic mass is 9.96. The minimum atomic E-state index is -0.616. The van der Waals surface area contributed by atoms with Crippen molar-refractivity contribution >= 4 is 0 Å². The van der Waals surface area contributed by atoms with Gasteiger partial charge >= 0.3 is 0 Å². The number of nitroso groups, excluding NO2 is 1. The molecule has 3 nitrogen and oxygen atoms in total. The maximum Gasteiger partial charge on any atom is 0.0995 e. The number of hydrogen-bond acceptors (Lipinski definition) is 3. The van der Waals surface area contributed by atoms with Crippen LogP contribution in [0.3, 0.4) is 0 Å². The van der Waals surface area contributed by atoms with Crippen LogP contribution in [-0.2, 0) is 0 Å². The molecule has 0 aliphatic rings. The Morgan fingerprint density at radius 2 is 2.09 bits per heavy atom. The molecule has 0 bridgehead atoms. The summed E-state index contributed by atoms with van der Waals surface area (Å²) in [5.41, 5.74) is -0.616. The van der Waals surface area contributed by atoms with Crippen molar-refractivity contribution in [3.63, 3.8) is 0 Å². The van der Waals surface area contributed by atoms with Gasteiger partial charge in [-0.05, 0) is 20.3 Å². The Hall–Kier alpha value is -0.440. The van der Waals surface area contributed by atoms with Crippen molar-refractivity contribution in [1.29, 1.82) is 0 Å². The fourth-order valence-electron chi connectivity index (χ4n) is 1.05. The first-order chi connectivity index (χ1) is 5.02. The number of aliphatic hydroxyl groups excluding tert-OH is 1. The molecule has 0 spiro atoms. The third-order valence-electron chi connectivity index (χ3n) is 1.60. The van der Waals surface area contributed by atoms with Gasteiger partial charge in [0.15, 0.2) is 0 Å². The predicted octanol–water partition coefficient (Wildman–Crippen LogP) is 2.08. The van der Waals surface area contributed by atoms with Crippen LogP contribution in [0.25, 0.3) is 0 Å². The van der Waals surface area contributed by atoms with E-state index < -0.39 is 5.54 Å². The van der Waals surface area contributed by atoms with E-state index in [0.717, 1.165) is 12.8 Å². The second kappa shape index (κ2) is 4.44. The maximum absolute atomic E-state index is 10.2. The van der Waals surface area contributed by atoms with Gasteiger partial charge in [-0.3, -0.25) is 0 Å². The molecule has 0 aromatic rings. The zero-order valence-electron chi connectivity index (χ0n) is 7.50. The molecule has 0 radical (unpaired) electrons. The second-order valence-corrected chi connectivity index (χ2v) is 3.55. The maximum atomic E-state index is 10.2. The largest absolute Gasteiger partial charge is 0.393 e. The molecule has 0 aromatic heterocycles. The van der Waals surface area contributed by atoms with E-state index >= 15 is 0 Å². The van der Waals surface area contributed by atoms with Crippen LogP contribution in [0.15, 0.2) is 5.18 Å². The van der Waals surface area contributed by atoms with Gasteiger partial charge in [0.05, 0.1) is 11.6 Å². The van der Waals surface area contributed by atoms with Gasteiger partial charge in [0.25, 0.3) is 0 Å². The fourth-order valence-corrected chi connectivity index (χ4v) is 1.05. The molecule has 0 saturated carbocycles. The van der Waals surface area contributed by atoms with Crippen molar-refractivity contribution in [3.05, 3.63) is 4.91 Å². The summed E-state index contributed by atoms with van der Waals surface area (Å²) in [5.74, 6) is 0. The summed E-state index contributed by atoms with van der Waals surface area (Å²) in [7, 11) is 0.